The summed E-state index contributed by atoms with van der Waals surface area (Å²) in [5, 5.41) is 67.1. The fraction of sp³-hybridized carbons (Fsp3) is 0.700. The van der Waals surface area contributed by atoms with Crippen LogP contribution in [-0.4, -0.2) is 159 Å². The number of carbonyl (C=O) groups is 1. The molecule has 8 N–H and O–H groups in total. The van der Waals surface area contributed by atoms with Gasteiger partial charge in [0.25, 0.3) is 5.91 Å². The summed E-state index contributed by atoms with van der Waals surface area (Å²) in [6.45, 7) is 16.6. The van der Waals surface area contributed by atoms with Crippen molar-refractivity contribution in [2.24, 2.45) is 23.2 Å². The van der Waals surface area contributed by atoms with Crippen molar-refractivity contribution in [3.63, 3.8) is 0 Å². The monoisotopic (exact) mass is 1010 g/mol. The molecule has 0 saturated carbocycles. The van der Waals surface area contributed by atoms with Crippen molar-refractivity contribution in [1.82, 2.24) is 15.2 Å². The molecule has 2 fully saturated rings. The van der Waals surface area contributed by atoms with Crippen molar-refractivity contribution in [2.75, 3.05) is 41.5 Å². The van der Waals surface area contributed by atoms with E-state index in [1.165, 1.54) is 26.6 Å². The Morgan fingerprint density at radius 2 is 1.76 bits per heavy atom. The SMILES string of the molecule is COC[C@@H]([C@H](O)[C@H](O)C(=O)NCC[C@H](C)c1nc(/C=C/C[C@@H]2O[C@]3(C[C@@H](O)[C@@H]2C)OC([C@H](C[C@H](O)[C@H](C)[C@H](O)[C@H](C)/C=C(C)/C(C)=C/C=C/C(C)=C\C#N)OC)[C@H](OP(=O)(O)O)C3(C)C)co1)N(C)C. The minimum Gasteiger partial charge on any atom is -0.448 e. The number of hydrogen-bond donors (Lipinski definition) is 8. The van der Waals surface area contributed by atoms with Crippen LogP contribution in [0.2, 0.25) is 0 Å². The van der Waals surface area contributed by atoms with Crippen LogP contribution in [0.25, 0.3) is 6.08 Å². The number of hydrogen-bond acceptors (Lipinski definition) is 16. The molecular formula is C50H81N4O15P. The third kappa shape index (κ3) is 16.3. The number of nitrogens with zero attached hydrogens (tertiary/aromatic N) is 3. The second-order valence-electron chi connectivity index (χ2n) is 19.9. The van der Waals surface area contributed by atoms with E-state index < -0.39 is 97.7 Å². The van der Waals surface area contributed by atoms with E-state index >= 15 is 0 Å². The number of likely N-dealkylation sites (N-methyl/N-ethyl adjacent to an activating group) is 1. The van der Waals surface area contributed by atoms with E-state index in [0.29, 0.717) is 18.0 Å². The first-order valence-electron chi connectivity index (χ1n) is 23.8. The highest BCUT2D eigenvalue weighted by Crippen LogP contribution is 2.59. The Morgan fingerprint density at radius 1 is 1.09 bits per heavy atom. The number of nitriles is 1. The zero-order chi connectivity index (χ0) is 52.9. The van der Waals surface area contributed by atoms with Crippen LogP contribution in [-0.2, 0) is 32.8 Å². The Hall–Kier alpha value is -3.42. The molecule has 15 atom stereocenters. The van der Waals surface area contributed by atoms with Gasteiger partial charge in [-0.25, -0.2) is 9.55 Å². The van der Waals surface area contributed by atoms with Crippen LogP contribution in [0.5, 0.6) is 0 Å². The largest absolute Gasteiger partial charge is 0.469 e. The van der Waals surface area contributed by atoms with E-state index in [2.05, 4.69) is 10.3 Å². The molecule has 1 aromatic rings. The first kappa shape index (κ1) is 60.9. The second-order valence-corrected chi connectivity index (χ2v) is 21.1. The molecular weight excluding hydrogens is 928 g/mol. The molecule has 1 unspecified atom stereocenters. The fourth-order valence-electron chi connectivity index (χ4n) is 8.96. The van der Waals surface area contributed by atoms with Crippen LogP contribution in [0.15, 0.2) is 63.9 Å². The van der Waals surface area contributed by atoms with E-state index in [1.807, 2.05) is 78.0 Å². The van der Waals surface area contributed by atoms with Crippen molar-refractivity contribution >= 4 is 19.8 Å². The molecule has 1 spiro atoms. The molecule has 70 heavy (non-hydrogen) atoms. The van der Waals surface area contributed by atoms with Crippen molar-refractivity contribution in [1.29, 1.82) is 5.26 Å². The normalized spacial score (nSPS) is 27.6. The number of oxazole rings is 1. The summed E-state index contributed by atoms with van der Waals surface area (Å²) in [7, 11) is 1.12. The lowest BCUT2D eigenvalue weighted by atomic mass is 9.72. The topological polar surface area (TPSA) is 287 Å². The minimum absolute atomic E-state index is 0.0645. The van der Waals surface area contributed by atoms with E-state index in [1.54, 1.807) is 45.8 Å². The zero-order valence-corrected chi connectivity index (χ0v) is 44.0. The Labute approximate surface area is 414 Å². The third-order valence-electron chi connectivity index (χ3n) is 14.0. The summed E-state index contributed by atoms with van der Waals surface area (Å²) in [4.78, 5) is 39.2. The lowest BCUT2D eigenvalue weighted by molar-refractivity contribution is -0.334. The second kappa shape index (κ2) is 27.0. The van der Waals surface area contributed by atoms with Crippen LogP contribution in [0.3, 0.4) is 0 Å². The molecule has 0 bridgehead atoms. The van der Waals surface area contributed by atoms with Gasteiger partial charge in [0.1, 0.15) is 30.3 Å². The number of aromatic nitrogens is 1. The molecule has 20 heteroatoms. The van der Waals surface area contributed by atoms with Gasteiger partial charge >= 0.3 is 7.82 Å². The summed E-state index contributed by atoms with van der Waals surface area (Å²) in [5.41, 5.74) is 1.87. The summed E-state index contributed by atoms with van der Waals surface area (Å²) in [5.74, 6) is -3.63. The van der Waals surface area contributed by atoms with Gasteiger partial charge in [-0.1, -0.05) is 77.5 Å². The van der Waals surface area contributed by atoms with E-state index in [4.69, 9.17) is 33.2 Å². The van der Waals surface area contributed by atoms with Gasteiger partial charge in [0.2, 0.25) is 0 Å². The summed E-state index contributed by atoms with van der Waals surface area (Å²) >= 11 is 0. The number of aliphatic hydroxyl groups excluding tert-OH is 5. The Bertz CT molecular complexity index is 2080. The molecule has 19 nitrogen and oxygen atoms in total. The van der Waals surface area contributed by atoms with Crippen molar-refractivity contribution in [3.05, 3.63) is 71.0 Å². The molecule has 0 aromatic carbocycles. The smallest absolute Gasteiger partial charge is 0.448 e. The molecule has 1 aromatic heterocycles. The van der Waals surface area contributed by atoms with Gasteiger partial charge in [-0.05, 0) is 64.9 Å². The molecule has 3 heterocycles. The highest BCUT2D eigenvalue weighted by Gasteiger charge is 2.68. The van der Waals surface area contributed by atoms with Crippen LogP contribution in [0.4, 0.5) is 0 Å². The number of nitrogens with one attached hydrogen (secondary N) is 1. The number of amides is 1. The van der Waals surface area contributed by atoms with Gasteiger partial charge < -0.3 is 68.9 Å². The summed E-state index contributed by atoms with van der Waals surface area (Å²) < 4.78 is 48.2. The first-order valence-corrected chi connectivity index (χ1v) is 25.4. The molecule has 2 saturated heterocycles. The quantitative estimate of drug-likeness (QED) is 0.0355. The Balaban J connectivity index is 1.74. The van der Waals surface area contributed by atoms with Crippen LogP contribution in [0, 0.1) is 34.5 Å². The average Bonchev–Trinajstić information content (AvgIpc) is 3.84. The number of aliphatic hydroxyl groups is 5. The van der Waals surface area contributed by atoms with Gasteiger partial charge in [-0.2, -0.15) is 5.26 Å². The number of ether oxygens (including phenoxy) is 4. The molecule has 2 aliphatic heterocycles. The molecule has 396 valence electrons. The number of methoxy groups -OCH3 is 2. The first-order chi connectivity index (χ1) is 32.6. The Morgan fingerprint density at radius 3 is 2.36 bits per heavy atom. The van der Waals surface area contributed by atoms with Gasteiger partial charge in [-0.15, -0.1) is 0 Å². The number of allylic oxidation sites excluding steroid dienone is 7. The number of phosphoric ester groups is 1. The van der Waals surface area contributed by atoms with E-state index in [9.17, 15) is 44.7 Å². The lowest BCUT2D eigenvalue weighted by Gasteiger charge is -2.50. The lowest BCUT2D eigenvalue weighted by Crippen LogP contribution is -2.58. The fourth-order valence-corrected chi connectivity index (χ4v) is 9.64. The van der Waals surface area contributed by atoms with Gasteiger partial charge in [0.05, 0.1) is 49.2 Å². The number of carbonyl (C=O) groups excluding carboxylic acids is 1. The maximum atomic E-state index is 12.6. The standard InChI is InChI=1S/C50H81N4O15P/c1-29(20-22-51)16-14-17-30(2)32(4)24-33(5)42(57)35(7)38(55)25-41(65-13)45-46(69-70(61,62)63)49(8,9)50(68-45)26-39(56)34(6)40(67-50)19-15-18-36-27-66-48(53-36)31(3)21-23-52-47(60)44(59)43(58)37(28-64-12)54(10)11/h14-18,20,24,27,31,33-35,37-46,55-59H,19,21,23,25-26,28H2,1-13H3,(H,52,60)(H2,61,62,63)/b16-14+,18-15+,29-20-,30-17+,32-24+/t31-,33+,34-,35-,37-,38-,39+,40-,41-,42+,43-,44-,45?,46-,50+/m0/s1. The molecule has 0 radical (unpaired) electrons. The zero-order valence-electron chi connectivity index (χ0n) is 43.1. The maximum absolute atomic E-state index is 12.6. The van der Waals surface area contributed by atoms with Crippen molar-refractivity contribution in [3.8, 4) is 6.07 Å². The molecule has 3 rings (SSSR count). The molecule has 2 aliphatic rings. The highest BCUT2D eigenvalue weighted by molar-refractivity contribution is 7.46. The molecule has 1 amide bonds. The number of phosphoric acid groups is 1. The summed E-state index contributed by atoms with van der Waals surface area (Å²) in [6.07, 6.45) is 4.10. The molecule has 0 aliphatic carbocycles. The van der Waals surface area contributed by atoms with Crippen LogP contribution in [0.1, 0.15) is 105 Å². The van der Waals surface area contributed by atoms with Crippen molar-refractivity contribution in [2.45, 2.75) is 161 Å². The van der Waals surface area contributed by atoms with E-state index in [0.717, 1.165) is 16.7 Å². The predicted octanol–water partition coefficient (Wildman–Crippen LogP) is 4.69. The average molecular weight is 1010 g/mol. The minimum atomic E-state index is -5.15. The van der Waals surface area contributed by atoms with Gasteiger partial charge in [-0.3, -0.25) is 9.32 Å². The Kier molecular flexibility index (Phi) is 23.5. The van der Waals surface area contributed by atoms with Crippen molar-refractivity contribution < 1.29 is 72.6 Å². The number of rotatable bonds is 26. The van der Waals surface area contributed by atoms with Gasteiger partial charge in [0.15, 0.2) is 17.8 Å². The highest BCUT2D eigenvalue weighted by atomic mass is 31.2. The van der Waals surface area contributed by atoms with Crippen LogP contribution >= 0.6 is 7.82 Å². The van der Waals surface area contributed by atoms with Gasteiger partial charge in [0, 0.05) is 68.8 Å². The third-order valence-corrected chi connectivity index (χ3v) is 14.5. The maximum Gasteiger partial charge on any atom is 0.469 e. The van der Waals surface area contributed by atoms with E-state index in [-0.39, 0.29) is 44.2 Å². The predicted molar refractivity (Wildman–Crippen MR) is 262 cm³/mol. The summed E-state index contributed by atoms with van der Waals surface area (Å²) in [6, 6.07) is 1.40. The van der Waals surface area contributed by atoms with Crippen LogP contribution < -0.4 is 5.32 Å².